The molecule has 1 unspecified atom stereocenters. The van der Waals surface area contributed by atoms with Crippen LogP contribution in [0.4, 0.5) is 0 Å². The molecule has 5 nitrogen and oxygen atoms in total. The van der Waals surface area contributed by atoms with Crippen LogP contribution in [0.2, 0.25) is 0 Å². The van der Waals surface area contributed by atoms with Crippen LogP contribution in [0.5, 0.6) is 0 Å². The minimum Gasteiger partial charge on any atom is -0.377 e. The third kappa shape index (κ3) is 5.10. The van der Waals surface area contributed by atoms with E-state index in [0.717, 1.165) is 22.0 Å². The Morgan fingerprint density at radius 2 is 1.75 bits per heavy atom. The van der Waals surface area contributed by atoms with Crippen LogP contribution in [-0.4, -0.2) is 22.7 Å². The molecule has 1 amide bonds. The maximum Gasteiger partial charge on any atom is 0.243 e. The Morgan fingerprint density at radius 3 is 2.50 bits per heavy atom. The first kappa shape index (κ1) is 19.4. The van der Waals surface area contributed by atoms with Gasteiger partial charge in [-0.2, -0.15) is 0 Å². The van der Waals surface area contributed by atoms with Gasteiger partial charge in [-0.15, -0.1) is 0 Å². The number of benzene rings is 2. The average Bonchev–Trinajstić information content (AvgIpc) is 3.09. The molecule has 0 radical (unpaired) electrons. The normalized spacial score (nSPS) is 12.6. The van der Waals surface area contributed by atoms with E-state index < -0.39 is 6.04 Å². The van der Waals surface area contributed by atoms with Gasteiger partial charge in [0.1, 0.15) is 6.04 Å². The third-order valence-electron chi connectivity index (χ3n) is 4.55. The molecule has 0 fully saturated rings. The standard InChI is InChI=1S/C23H25N3O2/c1-16(12-17(2)27)26-22(23(28)25-14-18-8-4-3-5-9-18)13-19-15-24-21-11-7-6-10-20(19)21/h3-12,15,22,24,26H,13-14H2,1-2H3,(H,25,28)/b16-12+. The zero-order chi connectivity index (χ0) is 19.9. The van der Waals surface area contributed by atoms with Crippen molar-refractivity contribution >= 4 is 22.6 Å². The van der Waals surface area contributed by atoms with Crippen LogP contribution in [0.3, 0.4) is 0 Å². The van der Waals surface area contributed by atoms with Gasteiger partial charge in [0.25, 0.3) is 0 Å². The number of nitrogens with one attached hydrogen (secondary N) is 3. The molecule has 28 heavy (non-hydrogen) atoms. The fourth-order valence-electron chi connectivity index (χ4n) is 3.26. The Morgan fingerprint density at radius 1 is 1.04 bits per heavy atom. The van der Waals surface area contributed by atoms with E-state index >= 15 is 0 Å². The zero-order valence-electron chi connectivity index (χ0n) is 16.2. The summed E-state index contributed by atoms with van der Waals surface area (Å²) in [5, 5.41) is 7.29. The first-order valence-corrected chi connectivity index (χ1v) is 9.35. The highest BCUT2D eigenvalue weighted by Gasteiger charge is 2.20. The van der Waals surface area contributed by atoms with Crippen LogP contribution in [0.25, 0.3) is 10.9 Å². The van der Waals surface area contributed by atoms with E-state index in [2.05, 4.69) is 15.6 Å². The summed E-state index contributed by atoms with van der Waals surface area (Å²) in [5.41, 5.74) is 3.81. The van der Waals surface area contributed by atoms with Crippen LogP contribution in [-0.2, 0) is 22.6 Å². The quantitative estimate of drug-likeness (QED) is 0.528. The lowest BCUT2D eigenvalue weighted by Crippen LogP contribution is -2.44. The number of aromatic amines is 1. The van der Waals surface area contributed by atoms with Crippen LogP contribution < -0.4 is 10.6 Å². The van der Waals surface area contributed by atoms with Gasteiger partial charge in [0.2, 0.25) is 5.91 Å². The van der Waals surface area contributed by atoms with Crippen molar-refractivity contribution in [3.8, 4) is 0 Å². The molecule has 3 aromatic rings. The van der Waals surface area contributed by atoms with E-state index in [4.69, 9.17) is 0 Å². The molecule has 2 aromatic carbocycles. The molecule has 5 heteroatoms. The van der Waals surface area contributed by atoms with E-state index in [1.165, 1.54) is 13.0 Å². The van der Waals surface area contributed by atoms with Gasteiger partial charge in [-0.3, -0.25) is 9.59 Å². The van der Waals surface area contributed by atoms with E-state index in [9.17, 15) is 9.59 Å². The maximum absolute atomic E-state index is 12.9. The molecular weight excluding hydrogens is 350 g/mol. The number of H-pyrrole nitrogens is 1. The van der Waals surface area contributed by atoms with Crippen LogP contribution in [0.1, 0.15) is 25.0 Å². The summed E-state index contributed by atoms with van der Waals surface area (Å²) >= 11 is 0. The van der Waals surface area contributed by atoms with E-state index in [-0.39, 0.29) is 11.7 Å². The van der Waals surface area contributed by atoms with Crippen molar-refractivity contribution in [1.29, 1.82) is 0 Å². The molecule has 1 heterocycles. The van der Waals surface area contributed by atoms with Crippen molar-refractivity contribution < 1.29 is 9.59 Å². The lowest BCUT2D eigenvalue weighted by molar-refractivity contribution is -0.123. The number of fused-ring (bicyclic) bond motifs is 1. The number of hydrogen-bond acceptors (Lipinski definition) is 3. The smallest absolute Gasteiger partial charge is 0.243 e. The summed E-state index contributed by atoms with van der Waals surface area (Å²) < 4.78 is 0. The van der Waals surface area contributed by atoms with Gasteiger partial charge < -0.3 is 15.6 Å². The second-order valence-electron chi connectivity index (χ2n) is 6.90. The summed E-state index contributed by atoms with van der Waals surface area (Å²) in [6, 6.07) is 17.3. The molecule has 3 N–H and O–H groups in total. The van der Waals surface area contributed by atoms with Crippen LogP contribution in [0.15, 0.2) is 72.6 Å². The van der Waals surface area contributed by atoms with E-state index in [0.29, 0.717) is 18.7 Å². The first-order chi connectivity index (χ1) is 13.5. The molecule has 0 spiro atoms. The second-order valence-corrected chi connectivity index (χ2v) is 6.90. The summed E-state index contributed by atoms with van der Waals surface area (Å²) in [6.07, 6.45) is 3.95. The predicted octanol–water partition coefficient (Wildman–Crippen LogP) is 3.48. The van der Waals surface area contributed by atoms with Crippen molar-refractivity contribution in [1.82, 2.24) is 15.6 Å². The van der Waals surface area contributed by atoms with Crippen LogP contribution >= 0.6 is 0 Å². The lowest BCUT2D eigenvalue weighted by atomic mass is 10.0. The zero-order valence-corrected chi connectivity index (χ0v) is 16.2. The molecule has 0 bridgehead atoms. The van der Waals surface area contributed by atoms with Gasteiger partial charge in [0.05, 0.1) is 0 Å². The van der Waals surface area contributed by atoms with Gasteiger partial charge in [-0.25, -0.2) is 0 Å². The van der Waals surface area contributed by atoms with E-state index in [1.54, 1.807) is 6.92 Å². The number of rotatable bonds is 8. The van der Waals surface area contributed by atoms with Crippen molar-refractivity contribution in [2.45, 2.75) is 32.9 Å². The topological polar surface area (TPSA) is 74.0 Å². The van der Waals surface area contributed by atoms with E-state index in [1.807, 2.05) is 60.8 Å². The van der Waals surface area contributed by atoms with Gasteiger partial charge in [-0.05, 0) is 37.1 Å². The summed E-state index contributed by atoms with van der Waals surface area (Å²) in [7, 11) is 0. The van der Waals surface area contributed by atoms with Crippen molar-refractivity contribution in [2.75, 3.05) is 0 Å². The fraction of sp³-hybridized carbons (Fsp3) is 0.217. The highest BCUT2D eigenvalue weighted by Crippen LogP contribution is 2.19. The molecule has 0 aliphatic carbocycles. The number of para-hydroxylation sites is 1. The SMILES string of the molecule is CC(=O)/C=C(\C)NC(Cc1c[nH]c2ccccc12)C(=O)NCc1ccccc1. The van der Waals surface area contributed by atoms with Gasteiger partial charge in [-0.1, -0.05) is 48.5 Å². The molecule has 1 aromatic heterocycles. The van der Waals surface area contributed by atoms with Gasteiger partial charge in [0.15, 0.2) is 5.78 Å². The number of hydrogen-bond donors (Lipinski definition) is 3. The van der Waals surface area contributed by atoms with Gasteiger partial charge in [0, 0.05) is 35.8 Å². The van der Waals surface area contributed by atoms with Crippen molar-refractivity contribution in [2.24, 2.45) is 0 Å². The highest BCUT2D eigenvalue weighted by molar-refractivity contribution is 5.88. The van der Waals surface area contributed by atoms with Crippen molar-refractivity contribution in [3.63, 3.8) is 0 Å². The number of allylic oxidation sites excluding steroid dienone is 2. The molecular formula is C23H25N3O2. The summed E-state index contributed by atoms with van der Waals surface area (Å²) in [6.45, 7) is 3.75. The second kappa shape index (κ2) is 9.04. The Labute approximate surface area is 164 Å². The molecule has 3 rings (SSSR count). The average molecular weight is 375 g/mol. The minimum absolute atomic E-state index is 0.0551. The minimum atomic E-state index is -0.487. The molecule has 0 aliphatic heterocycles. The Balaban J connectivity index is 1.77. The summed E-state index contributed by atoms with van der Waals surface area (Å²) in [5.74, 6) is -0.161. The molecule has 1 atom stereocenters. The number of amides is 1. The summed E-state index contributed by atoms with van der Waals surface area (Å²) in [4.78, 5) is 27.5. The monoisotopic (exact) mass is 375 g/mol. The molecule has 144 valence electrons. The predicted molar refractivity (Wildman–Crippen MR) is 112 cm³/mol. The number of carbonyl (C=O) groups is 2. The molecule has 0 saturated heterocycles. The molecule has 0 aliphatic rings. The third-order valence-corrected chi connectivity index (χ3v) is 4.55. The van der Waals surface area contributed by atoms with Crippen molar-refractivity contribution in [3.05, 3.63) is 83.7 Å². The maximum atomic E-state index is 12.9. The fourth-order valence-corrected chi connectivity index (χ4v) is 3.26. The number of aromatic nitrogens is 1. The molecule has 0 saturated carbocycles. The Kier molecular flexibility index (Phi) is 6.27. The largest absolute Gasteiger partial charge is 0.377 e. The van der Waals surface area contributed by atoms with Crippen LogP contribution in [0, 0.1) is 0 Å². The lowest BCUT2D eigenvalue weighted by Gasteiger charge is -2.20. The Bertz CT molecular complexity index is 989. The number of carbonyl (C=O) groups excluding carboxylic acids is 2. The Hall–Kier alpha value is -3.34. The van der Waals surface area contributed by atoms with Gasteiger partial charge >= 0.3 is 0 Å². The number of ketones is 1. The highest BCUT2D eigenvalue weighted by atomic mass is 16.2. The first-order valence-electron chi connectivity index (χ1n) is 9.35.